The first-order chi connectivity index (χ1) is 10.1. The molecule has 1 atom stereocenters. The first-order valence-corrected chi connectivity index (χ1v) is 7.22. The van der Waals surface area contributed by atoms with Gasteiger partial charge in [0.1, 0.15) is 11.5 Å². The summed E-state index contributed by atoms with van der Waals surface area (Å²) in [6.07, 6.45) is 1.70. The smallest absolute Gasteiger partial charge is 0.125 e. The van der Waals surface area contributed by atoms with Gasteiger partial charge < -0.3 is 14.9 Å². The van der Waals surface area contributed by atoms with E-state index in [1.165, 1.54) is 0 Å². The van der Waals surface area contributed by atoms with Crippen molar-refractivity contribution in [1.82, 2.24) is 4.90 Å². The summed E-state index contributed by atoms with van der Waals surface area (Å²) in [5, 5.41) is 0.667. The largest absolute Gasteiger partial charge is 0.496 e. The lowest BCUT2D eigenvalue weighted by atomic mass is 10.0. The number of ether oxygens (including phenoxy) is 1. The first kappa shape index (κ1) is 15.9. The quantitative estimate of drug-likeness (QED) is 0.889. The number of hydrogen-bond acceptors (Lipinski definition) is 4. The van der Waals surface area contributed by atoms with Gasteiger partial charge in [-0.2, -0.15) is 0 Å². The zero-order chi connectivity index (χ0) is 15.4. The lowest BCUT2D eigenvalue weighted by molar-refractivity contribution is 0.235. The highest BCUT2D eigenvalue weighted by Gasteiger charge is 2.23. The van der Waals surface area contributed by atoms with Crippen LogP contribution < -0.4 is 10.5 Å². The summed E-state index contributed by atoms with van der Waals surface area (Å²) >= 11 is 6.36. The molecular formula is C16H21ClN2O2. The summed E-state index contributed by atoms with van der Waals surface area (Å²) < 4.78 is 10.8. The highest BCUT2D eigenvalue weighted by atomic mass is 35.5. The monoisotopic (exact) mass is 308 g/mol. The summed E-state index contributed by atoms with van der Waals surface area (Å²) in [4.78, 5) is 2.15. The van der Waals surface area contributed by atoms with E-state index in [0.717, 1.165) is 29.2 Å². The molecule has 1 unspecified atom stereocenters. The van der Waals surface area contributed by atoms with Gasteiger partial charge in [0.2, 0.25) is 0 Å². The van der Waals surface area contributed by atoms with E-state index in [1.54, 1.807) is 13.4 Å². The molecule has 5 heteroatoms. The molecule has 2 N–H and O–H groups in total. The molecule has 2 rings (SSSR count). The summed E-state index contributed by atoms with van der Waals surface area (Å²) in [5.74, 6) is 1.68. The summed E-state index contributed by atoms with van der Waals surface area (Å²) in [5.41, 5.74) is 8.05. The Hall–Kier alpha value is -1.49. The Morgan fingerprint density at radius 2 is 2.14 bits per heavy atom. The van der Waals surface area contributed by atoms with Crippen LogP contribution >= 0.6 is 11.6 Å². The zero-order valence-electron chi connectivity index (χ0n) is 12.6. The van der Waals surface area contributed by atoms with E-state index in [1.807, 2.05) is 38.2 Å². The average molecular weight is 309 g/mol. The molecule has 1 aromatic carbocycles. The van der Waals surface area contributed by atoms with Crippen LogP contribution in [0.25, 0.3) is 0 Å². The van der Waals surface area contributed by atoms with Gasteiger partial charge in [0.05, 0.1) is 19.4 Å². The van der Waals surface area contributed by atoms with Gasteiger partial charge in [-0.15, -0.1) is 0 Å². The summed E-state index contributed by atoms with van der Waals surface area (Å²) in [6, 6.07) is 7.59. The molecule has 0 saturated heterocycles. The van der Waals surface area contributed by atoms with E-state index in [2.05, 4.69) is 4.90 Å². The van der Waals surface area contributed by atoms with Gasteiger partial charge in [-0.1, -0.05) is 17.7 Å². The third-order valence-corrected chi connectivity index (χ3v) is 4.04. The third kappa shape index (κ3) is 3.40. The van der Waals surface area contributed by atoms with Crippen LogP contribution in [0.4, 0.5) is 0 Å². The minimum absolute atomic E-state index is 0.0250. The Kier molecular flexibility index (Phi) is 5.28. The topological polar surface area (TPSA) is 51.6 Å². The summed E-state index contributed by atoms with van der Waals surface area (Å²) in [6.45, 7) is 3.14. The number of likely N-dealkylation sites (N-methyl/N-ethyl adjacent to an activating group) is 1. The Balaban J connectivity index is 2.29. The highest BCUT2D eigenvalue weighted by molar-refractivity contribution is 6.31. The van der Waals surface area contributed by atoms with Crippen molar-refractivity contribution in [3.8, 4) is 5.75 Å². The van der Waals surface area contributed by atoms with E-state index in [9.17, 15) is 0 Å². The molecule has 114 valence electrons. The number of nitrogens with two attached hydrogens (primary N) is 1. The molecule has 0 amide bonds. The molecular weight excluding hydrogens is 288 g/mol. The minimum Gasteiger partial charge on any atom is -0.496 e. The Morgan fingerprint density at radius 3 is 2.71 bits per heavy atom. The molecule has 1 aromatic heterocycles. The maximum absolute atomic E-state index is 6.36. The van der Waals surface area contributed by atoms with Gasteiger partial charge >= 0.3 is 0 Å². The molecule has 0 radical (unpaired) electrons. The van der Waals surface area contributed by atoms with Crippen molar-refractivity contribution < 1.29 is 9.15 Å². The van der Waals surface area contributed by atoms with Gasteiger partial charge in [0.25, 0.3) is 0 Å². The molecule has 0 fully saturated rings. The van der Waals surface area contributed by atoms with Gasteiger partial charge in [0.15, 0.2) is 0 Å². The van der Waals surface area contributed by atoms with Crippen molar-refractivity contribution >= 4 is 11.6 Å². The van der Waals surface area contributed by atoms with Crippen LogP contribution in [0.1, 0.15) is 22.9 Å². The zero-order valence-corrected chi connectivity index (χ0v) is 13.4. The SMILES string of the molecule is COc1cccc(Cl)c1C(CN)N(C)Cc1ccoc1C. The Labute approximate surface area is 130 Å². The fraction of sp³-hybridized carbons (Fsp3) is 0.375. The number of furan rings is 1. The Bertz CT molecular complexity index is 598. The first-order valence-electron chi connectivity index (χ1n) is 6.84. The van der Waals surface area contributed by atoms with E-state index in [-0.39, 0.29) is 6.04 Å². The fourth-order valence-corrected chi connectivity index (χ4v) is 2.78. The second-order valence-electron chi connectivity index (χ2n) is 5.02. The molecule has 21 heavy (non-hydrogen) atoms. The van der Waals surface area contributed by atoms with Crippen molar-refractivity contribution in [2.75, 3.05) is 20.7 Å². The van der Waals surface area contributed by atoms with Crippen LogP contribution in [0.2, 0.25) is 5.02 Å². The molecule has 0 bridgehead atoms. The van der Waals surface area contributed by atoms with Gasteiger partial charge in [-0.3, -0.25) is 4.90 Å². The molecule has 0 spiro atoms. The molecule has 0 aliphatic rings. The lowest BCUT2D eigenvalue weighted by Crippen LogP contribution is -2.30. The molecule has 1 heterocycles. The van der Waals surface area contributed by atoms with Crippen molar-refractivity contribution in [2.45, 2.75) is 19.5 Å². The van der Waals surface area contributed by atoms with Crippen molar-refractivity contribution in [3.05, 3.63) is 52.4 Å². The van der Waals surface area contributed by atoms with Gasteiger partial charge in [-0.05, 0) is 32.2 Å². The minimum atomic E-state index is -0.0250. The second kappa shape index (κ2) is 6.98. The van der Waals surface area contributed by atoms with Crippen LogP contribution in [0.3, 0.4) is 0 Å². The van der Waals surface area contributed by atoms with Crippen LogP contribution in [0.15, 0.2) is 34.9 Å². The molecule has 2 aromatic rings. The van der Waals surface area contributed by atoms with Crippen LogP contribution in [-0.4, -0.2) is 25.6 Å². The van der Waals surface area contributed by atoms with E-state index >= 15 is 0 Å². The van der Waals surface area contributed by atoms with E-state index in [0.29, 0.717) is 11.6 Å². The van der Waals surface area contributed by atoms with Crippen LogP contribution in [-0.2, 0) is 6.54 Å². The standard InChI is InChI=1S/C16H21ClN2O2/c1-11-12(7-8-21-11)10-19(2)14(9-18)16-13(17)5-4-6-15(16)20-3/h4-8,14H,9-10,18H2,1-3H3. The third-order valence-electron chi connectivity index (χ3n) is 3.71. The van der Waals surface area contributed by atoms with Gasteiger partial charge in [0, 0.05) is 29.2 Å². The molecule has 0 saturated carbocycles. The van der Waals surface area contributed by atoms with Crippen LogP contribution in [0.5, 0.6) is 5.75 Å². The van der Waals surface area contributed by atoms with Crippen molar-refractivity contribution in [2.24, 2.45) is 5.73 Å². The second-order valence-corrected chi connectivity index (χ2v) is 5.43. The molecule has 4 nitrogen and oxygen atoms in total. The average Bonchev–Trinajstić information content (AvgIpc) is 2.86. The predicted octanol–water partition coefficient (Wildman–Crippen LogP) is 3.38. The summed E-state index contributed by atoms with van der Waals surface area (Å²) in [7, 11) is 3.66. The molecule has 0 aliphatic heterocycles. The fourth-order valence-electron chi connectivity index (χ4n) is 2.49. The van der Waals surface area contributed by atoms with Crippen molar-refractivity contribution in [3.63, 3.8) is 0 Å². The number of hydrogen-bond donors (Lipinski definition) is 1. The Morgan fingerprint density at radius 1 is 1.38 bits per heavy atom. The number of rotatable bonds is 6. The number of benzene rings is 1. The van der Waals surface area contributed by atoms with E-state index < -0.39 is 0 Å². The maximum Gasteiger partial charge on any atom is 0.125 e. The number of methoxy groups -OCH3 is 1. The number of aryl methyl sites for hydroxylation is 1. The molecule has 0 aliphatic carbocycles. The number of nitrogens with zero attached hydrogens (tertiary/aromatic N) is 1. The van der Waals surface area contributed by atoms with E-state index in [4.69, 9.17) is 26.5 Å². The van der Waals surface area contributed by atoms with Gasteiger partial charge in [-0.25, -0.2) is 0 Å². The maximum atomic E-state index is 6.36. The van der Waals surface area contributed by atoms with Crippen molar-refractivity contribution in [1.29, 1.82) is 0 Å². The number of halogens is 1. The normalized spacial score (nSPS) is 12.7. The lowest BCUT2D eigenvalue weighted by Gasteiger charge is -2.29. The van der Waals surface area contributed by atoms with Crippen LogP contribution in [0, 0.1) is 6.92 Å². The predicted molar refractivity (Wildman–Crippen MR) is 84.7 cm³/mol. The highest BCUT2D eigenvalue weighted by Crippen LogP contribution is 2.35.